The number of hydrogen-bond donors (Lipinski definition) is 0. The van der Waals surface area contributed by atoms with Crippen LogP contribution in [0.3, 0.4) is 0 Å². The highest BCUT2D eigenvalue weighted by Crippen LogP contribution is 2.30. The topological polar surface area (TPSA) is 101 Å². The van der Waals surface area contributed by atoms with Crippen molar-refractivity contribution in [1.29, 1.82) is 0 Å². The molecule has 2 atom stereocenters. The number of rotatable bonds is 2. The summed E-state index contributed by atoms with van der Waals surface area (Å²) in [4.78, 5) is 14.8. The summed E-state index contributed by atoms with van der Waals surface area (Å²) >= 11 is 0. The van der Waals surface area contributed by atoms with Crippen LogP contribution in [-0.2, 0) is 10.0 Å². The van der Waals surface area contributed by atoms with E-state index in [4.69, 9.17) is 0 Å². The largest absolute Gasteiger partial charge is 0.334 e. The predicted molar refractivity (Wildman–Crippen MR) is 84.7 cm³/mol. The highest BCUT2D eigenvalue weighted by Gasteiger charge is 2.39. The Morgan fingerprint density at radius 1 is 1.25 bits per heavy atom. The summed E-state index contributed by atoms with van der Waals surface area (Å²) in [6.07, 6.45) is 4.67. The van der Waals surface area contributed by atoms with E-state index in [1.54, 1.807) is 18.3 Å². The molecular formula is C14H18N6O3S. The first-order chi connectivity index (χ1) is 11.4. The van der Waals surface area contributed by atoms with Crippen molar-refractivity contribution in [3.05, 3.63) is 23.9 Å². The van der Waals surface area contributed by atoms with Crippen molar-refractivity contribution >= 4 is 21.6 Å². The first-order valence-corrected chi connectivity index (χ1v) is 9.70. The molecular weight excluding hydrogens is 332 g/mol. The number of fused-ring (bicyclic) bond motifs is 5. The van der Waals surface area contributed by atoms with Gasteiger partial charge in [-0.05, 0) is 41.3 Å². The first-order valence-electron chi connectivity index (χ1n) is 7.85. The number of pyridine rings is 1. The summed E-state index contributed by atoms with van der Waals surface area (Å²) in [5.41, 5.74) is 1.04. The van der Waals surface area contributed by atoms with Crippen LogP contribution in [0, 0.1) is 5.92 Å². The molecule has 3 saturated heterocycles. The molecule has 2 bridgehead atoms. The van der Waals surface area contributed by atoms with Gasteiger partial charge in [-0.15, -0.1) is 5.10 Å². The van der Waals surface area contributed by atoms with E-state index in [1.165, 1.54) is 15.1 Å². The summed E-state index contributed by atoms with van der Waals surface area (Å²) in [5.74, 6) is 0.0893. The molecule has 5 rings (SSSR count). The average Bonchev–Trinajstić information content (AvgIpc) is 2.80. The SMILES string of the molecule is CS(=O)(=O)N1C[C@@H]2CC[C@H](C1)N(C(=O)c1ccn3nnnc3c1)C2. The van der Waals surface area contributed by atoms with Crippen molar-refractivity contribution < 1.29 is 13.2 Å². The molecule has 3 aliphatic rings. The molecule has 24 heavy (non-hydrogen) atoms. The van der Waals surface area contributed by atoms with Crippen molar-refractivity contribution in [1.82, 2.24) is 29.2 Å². The molecule has 0 N–H and O–H groups in total. The van der Waals surface area contributed by atoms with E-state index in [0.29, 0.717) is 30.8 Å². The van der Waals surface area contributed by atoms with Crippen LogP contribution in [0.5, 0.6) is 0 Å². The molecule has 0 radical (unpaired) electrons. The van der Waals surface area contributed by atoms with Crippen LogP contribution in [0.1, 0.15) is 23.2 Å². The second kappa shape index (κ2) is 5.49. The zero-order valence-electron chi connectivity index (χ0n) is 13.2. The van der Waals surface area contributed by atoms with Crippen molar-refractivity contribution in [2.24, 2.45) is 5.92 Å². The molecule has 5 heterocycles. The maximum absolute atomic E-state index is 12.9. The van der Waals surface area contributed by atoms with Gasteiger partial charge in [-0.25, -0.2) is 12.9 Å². The van der Waals surface area contributed by atoms with Gasteiger partial charge in [0.05, 0.1) is 6.26 Å². The van der Waals surface area contributed by atoms with E-state index in [2.05, 4.69) is 15.5 Å². The number of sulfonamides is 1. The van der Waals surface area contributed by atoms with Crippen LogP contribution in [-0.4, -0.2) is 75.5 Å². The van der Waals surface area contributed by atoms with Gasteiger partial charge >= 0.3 is 0 Å². The third-order valence-corrected chi connectivity index (χ3v) is 6.09. The Kier molecular flexibility index (Phi) is 3.53. The normalized spacial score (nSPS) is 25.1. The summed E-state index contributed by atoms with van der Waals surface area (Å²) in [6.45, 7) is 1.45. The molecule has 0 saturated carbocycles. The summed E-state index contributed by atoms with van der Waals surface area (Å²) in [7, 11) is -3.24. The van der Waals surface area contributed by atoms with Gasteiger partial charge in [0, 0.05) is 37.4 Å². The first kappa shape index (κ1) is 15.5. The lowest BCUT2D eigenvalue weighted by molar-refractivity contribution is 0.0588. The zero-order chi connectivity index (χ0) is 16.9. The van der Waals surface area contributed by atoms with Crippen molar-refractivity contribution in [3.63, 3.8) is 0 Å². The van der Waals surface area contributed by atoms with Gasteiger partial charge < -0.3 is 4.90 Å². The zero-order valence-corrected chi connectivity index (χ0v) is 14.1. The minimum absolute atomic E-state index is 0.0850. The van der Waals surface area contributed by atoms with Gasteiger partial charge in [-0.3, -0.25) is 4.79 Å². The standard InChI is InChI=1S/C14H18N6O3S/c1-24(22,23)18-7-10-2-3-12(9-18)19(8-10)14(21)11-4-5-20-13(6-11)15-16-17-20/h4-6,10,12H,2-3,7-9H2,1H3/t10-,12+/m0/s1. The number of aromatic nitrogens is 4. The fourth-order valence-electron chi connectivity index (χ4n) is 3.60. The fourth-order valence-corrected chi connectivity index (χ4v) is 4.52. The molecule has 128 valence electrons. The van der Waals surface area contributed by atoms with Crippen LogP contribution >= 0.6 is 0 Å². The van der Waals surface area contributed by atoms with Crippen LogP contribution < -0.4 is 0 Å². The Morgan fingerprint density at radius 2 is 2.08 bits per heavy atom. The molecule has 9 nitrogen and oxygen atoms in total. The summed E-state index contributed by atoms with van der Waals surface area (Å²) in [5, 5.41) is 11.2. The number of amides is 1. The Morgan fingerprint density at radius 3 is 2.88 bits per heavy atom. The molecule has 3 fully saturated rings. The quantitative estimate of drug-likeness (QED) is 0.732. The fraction of sp³-hybridized carbons (Fsp3) is 0.571. The molecule has 3 aliphatic heterocycles. The molecule has 1 amide bonds. The molecule has 2 aromatic heterocycles. The maximum atomic E-state index is 12.9. The monoisotopic (exact) mass is 350 g/mol. The van der Waals surface area contributed by atoms with E-state index in [1.807, 2.05) is 4.90 Å². The number of nitrogens with zero attached hydrogens (tertiary/aromatic N) is 6. The highest BCUT2D eigenvalue weighted by atomic mass is 32.2. The molecule has 0 aliphatic carbocycles. The maximum Gasteiger partial charge on any atom is 0.254 e. The third kappa shape index (κ3) is 2.65. The lowest BCUT2D eigenvalue weighted by atomic mass is 9.94. The van der Waals surface area contributed by atoms with Gasteiger partial charge in [0.2, 0.25) is 10.0 Å². The van der Waals surface area contributed by atoms with E-state index in [0.717, 1.165) is 12.8 Å². The minimum atomic E-state index is -3.24. The smallest absolute Gasteiger partial charge is 0.254 e. The number of carbonyl (C=O) groups is 1. The molecule has 0 aromatic carbocycles. The minimum Gasteiger partial charge on any atom is -0.334 e. The molecule has 2 aromatic rings. The second-order valence-electron chi connectivity index (χ2n) is 6.53. The lowest BCUT2D eigenvalue weighted by Crippen LogP contribution is -2.47. The van der Waals surface area contributed by atoms with E-state index in [-0.39, 0.29) is 17.9 Å². The predicted octanol–water partition coefficient (Wildman–Crippen LogP) is -0.380. The number of piperidine rings is 1. The van der Waals surface area contributed by atoms with E-state index in [9.17, 15) is 13.2 Å². The highest BCUT2D eigenvalue weighted by molar-refractivity contribution is 7.88. The van der Waals surface area contributed by atoms with Crippen LogP contribution in [0.2, 0.25) is 0 Å². The van der Waals surface area contributed by atoms with Gasteiger partial charge in [0.15, 0.2) is 5.65 Å². The van der Waals surface area contributed by atoms with E-state index < -0.39 is 10.0 Å². The van der Waals surface area contributed by atoms with Gasteiger partial charge in [0.1, 0.15) is 0 Å². The van der Waals surface area contributed by atoms with Crippen LogP contribution in [0.4, 0.5) is 0 Å². The number of hydrogen-bond acceptors (Lipinski definition) is 6. The van der Waals surface area contributed by atoms with Crippen molar-refractivity contribution in [3.8, 4) is 0 Å². The number of carbonyl (C=O) groups excluding carboxylic acids is 1. The molecule has 0 spiro atoms. The third-order valence-electron chi connectivity index (χ3n) is 4.86. The van der Waals surface area contributed by atoms with Crippen molar-refractivity contribution in [2.75, 3.05) is 25.9 Å². The Balaban J connectivity index is 1.63. The summed E-state index contributed by atoms with van der Waals surface area (Å²) in [6, 6.07) is 3.27. The van der Waals surface area contributed by atoms with E-state index >= 15 is 0 Å². The number of tetrazole rings is 1. The van der Waals surface area contributed by atoms with Gasteiger partial charge in [-0.1, -0.05) is 0 Å². The van der Waals surface area contributed by atoms with Gasteiger partial charge in [-0.2, -0.15) is 4.31 Å². The Labute approximate surface area is 139 Å². The van der Waals surface area contributed by atoms with Crippen molar-refractivity contribution in [2.45, 2.75) is 18.9 Å². The second-order valence-corrected chi connectivity index (χ2v) is 8.51. The lowest BCUT2D eigenvalue weighted by Gasteiger charge is -2.36. The molecule has 0 unspecified atom stereocenters. The van der Waals surface area contributed by atoms with Crippen LogP contribution in [0.25, 0.3) is 5.65 Å². The molecule has 10 heteroatoms. The summed E-state index contributed by atoms with van der Waals surface area (Å²) < 4.78 is 26.8. The average molecular weight is 350 g/mol. The Bertz CT molecular complexity index is 895. The van der Waals surface area contributed by atoms with Gasteiger partial charge in [0.25, 0.3) is 5.91 Å². The Hall–Kier alpha value is -2.07. The van der Waals surface area contributed by atoms with Crippen LogP contribution in [0.15, 0.2) is 18.3 Å².